The minimum atomic E-state index is 0.828. The number of piperidine rings is 2. The van der Waals surface area contributed by atoms with Gasteiger partial charge >= 0.3 is 0 Å². The summed E-state index contributed by atoms with van der Waals surface area (Å²) in [5.74, 6) is 2.82. The topological polar surface area (TPSA) is 30.5 Å². The van der Waals surface area contributed by atoms with Crippen molar-refractivity contribution in [2.75, 3.05) is 52.9 Å². The van der Waals surface area contributed by atoms with Crippen LogP contribution in [0.4, 0.5) is 0 Å². The number of rotatable bonds is 2. The molecule has 0 aromatic rings. The lowest BCUT2D eigenvalue weighted by atomic mass is 9.74. The summed E-state index contributed by atoms with van der Waals surface area (Å²) in [5, 5.41) is 7.17. The van der Waals surface area contributed by atoms with Crippen LogP contribution in [0, 0.1) is 17.8 Å². The summed E-state index contributed by atoms with van der Waals surface area (Å²) in [5.41, 5.74) is 0. The van der Waals surface area contributed by atoms with E-state index >= 15 is 0 Å². The summed E-state index contributed by atoms with van der Waals surface area (Å²) >= 11 is 0. The molecule has 2 N–H and O–H groups in total. The van der Waals surface area contributed by atoms with Crippen LogP contribution in [-0.4, -0.2) is 74.7 Å². The Morgan fingerprint density at radius 1 is 1.06 bits per heavy atom. The largest absolute Gasteiger partial charge is 0.316 e. The summed E-state index contributed by atoms with van der Waals surface area (Å²) in [4.78, 5) is 5.30. The maximum Gasteiger partial charge on any atom is 0.0261 e. The lowest BCUT2D eigenvalue weighted by molar-refractivity contribution is -0.0667. The van der Waals surface area contributed by atoms with Gasteiger partial charge in [-0.2, -0.15) is 0 Å². The van der Waals surface area contributed by atoms with E-state index in [1.54, 1.807) is 0 Å². The number of likely N-dealkylation sites (tertiary alicyclic amines) is 2. The maximum absolute atomic E-state index is 3.64. The summed E-state index contributed by atoms with van der Waals surface area (Å²) < 4.78 is 0. The molecule has 4 heteroatoms. The molecular formula is C14H26N4. The lowest BCUT2D eigenvalue weighted by Crippen LogP contribution is -2.69. The van der Waals surface area contributed by atoms with E-state index in [9.17, 15) is 0 Å². The Labute approximate surface area is 110 Å². The van der Waals surface area contributed by atoms with Crippen LogP contribution in [0.2, 0.25) is 0 Å². The fourth-order valence-corrected chi connectivity index (χ4v) is 4.70. The first-order valence-electron chi connectivity index (χ1n) is 7.68. The quantitative estimate of drug-likeness (QED) is 0.687. The first-order chi connectivity index (χ1) is 8.83. The van der Waals surface area contributed by atoms with Crippen molar-refractivity contribution in [3.8, 4) is 0 Å². The summed E-state index contributed by atoms with van der Waals surface area (Å²) in [7, 11) is 2.28. The third-order valence-corrected chi connectivity index (χ3v) is 5.90. The van der Waals surface area contributed by atoms with Crippen molar-refractivity contribution < 1.29 is 0 Å². The summed E-state index contributed by atoms with van der Waals surface area (Å²) in [6, 6.07) is 1.73. The second kappa shape index (κ2) is 4.44. The molecule has 102 valence electrons. The SMILES string of the molecule is CN1CC2C(CN3CC4CNCCC43)CNCC21. The number of hydrogen-bond donors (Lipinski definition) is 2. The van der Waals surface area contributed by atoms with Crippen LogP contribution in [0.15, 0.2) is 0 Å². The first kappa shape index (κ1) is 11.6. The average molecular weight is 250 g/mol. The Morgan fingerprint density at radius 2 is 2.00 bits per heavy atom. The van der Waals surface area contributed by atoms with E-state index < -0.39 is 0 Å². The van der Waals surface area contributed by atoms with Gasteiger partial charge in [0.25, 0.3) is 0 Å². The van der Waals surface area contributed by atoms with E-state index in [0.29, 0.717) is 0 Å². The van der Waals surface area contributed by atoms with Gasteiger partial charge in [-0.15, -0.1) is 0 Å². The van der Waals surface area contributed by atoms with Crippen molar-refractivity contribution in [3.63, 3.8) is 0 Å². The van der Waals surface area contributed by atoms with Crippen LogP contribution >= 0.6 is 0 Å². The molecule has 18 heavy (non-hydrogen) atoms. The molecule has 0 spiro atoms. The highest BCUT2D eigenvalue weighted by atomic mass is 15.3. The van der Waals surface area contributed by atoms with Gasteiger partial charge in [-0.1, -0.05) is 0 Å². The van der Waals surface area contributed by atoms with E-state index in [2.05, 4.69) is 27.5 Å². The molecule has 0 aromatic heterocycles. The number of fused-ring (bicyclic) bond motifs is 2. The van der Waals surface area contributed by atoms with Crippen LogP contribution in [0.25, 0.3) is 0 Å². The molecule has 4 nitrogen and oxygen atoms in total. The van der Waals surface area contributed by atoms with Gasteiger partial charge in [0.2, 0.25) is 0 Å². The molecule has 5 atom stereocenters. The summed E-state index contributed by atoms with van der Waals surface area (Å²) in [6.45, 7) is 8.99. The molecule has 4 aliphatic heterocycles. The van der Waals surface area contributed by atoms with Crippen LogP contribution < -0.4 is 10.6 Å². The standard InChI is InChI=1S/C14H26N4/c1-17-9-12-10(4-16-6-14(12)17)7-18-8-11-5-15-3-2-13(11)18/h10-16H,2-9H2,1H3. The molecule has 4 saturated heterocycles. The summed E-state index contributed by atoms with van der Waals surface area (Å²) in [6.07, 6.45) is 1.37. The van der Waals surface area contributed by atoms with Crippen molar-refractivity contribution in [1.82, 2.24) is 20.4 Å². The highest BCUT2D eigenvalue weighted by Crippen LogP contribution is 2.36. The average Bonchev–Trinajstić information content (AvgIpc) is 2.36. The molecule has 5 unspecified atom stereocenters. The van der Waals surface area contributed by atoms with Crippen LogP contribution in [-0.2, 0) is 0 Å². The maximum atomic E-state index is 3.64. The highest BCUT2D eigenvalue weighted by Gasteiger charge is 2.47. The van der Waals surface area contributed by atoms with E-state index in [0.717, 1.165) is 29.8 Å². The minimum absolute atomic E-state index is 0.828. The van der Waals surface area contributed by atoms with Crippen LogP contribution in [0.5, 0.6) is 0 Å². The zero-order valence-electron chi connectivity index (χ0n) is 11.4. The highest BCUT2D eigenvalue weighted by molar-refractivity contribution is 5.02. The Bertz CT molecular complexity index is 321. The Morgan fingerprint density at radius 3 is 2.83 bits per heavy atom. The van der Waals surface area contributed by atoms with Crippen molar-refractivity contribution in [2.24, 2.45) is 17.8 Å². The van der Waals surface area contributed by atoms with Crippen molar-refractivity contribution in [1.29, 1.82) is 0 Å². The molecule has 0 aliphatic carbocycles. The number of nitrogens with zero attached hydrogens (tertiary/aromatic N) is 2. The third-order valence-electron chi connectivity index (χ3n) is 5.90. The second-order valence-corrected chi connectivity index (χ2v) is 6.86. The molecule has 4 rings (SSSR count). The lowest BCUT2D eigenvalue weighted by Gasteiger charge is -2.57. The normalized spacial score (nSPS) is 48.8. The van der Waals surface area contributed by atoms with Gasteiger partial charge in [-0.3, -0.25) is 4.90 Å². The predicted octanol–water partition coefficient (Wildman–Crippen LogP) is -0.570. The fourth-order valence-electron chi connectivity index (χ4n) is 4.70. The Balaban J connectivity index is 1.35. The number of hydrogen-bond acceptors (Lipinski definition) is 4. The van der Waals surface area contributed by atoms with Crippen molar-refractivity contribution >= 4 is 0 Å². The fraction of sp³-hybridized carbons (Fsp3) is 1.00. The van der Waals surface area contributed by atoms with Gasteiger partial charge in [0.1, 0.15) is 0 Å². The molecule has 0 aromatic carbocycles. The zero-order chi connectivity index (χ0) is 12.1. The van der Waals surface area contributed by atoms with Crippen molar-refractivity contribution in [3.05, 3.63) is 0 Å². The van der Waals surface area contributed by atoms with E-state index in [-0.39, 0.29) is 0 Å². The van der Waals surface area contributed by atoms with Gasteiger partial charge < -0.3 is 15.5 Å². The monoisotopic (exact) mass is 250 g/mol. The van der Waals surface area contributed by atoms with Gasteiger partial charge in [-0.25, -0.2) is 0 Å². The van der Waals surface area contributed by atoms with E-state index in [1.807, 2.05) is 0 Å². The van der Waals surface area contributed by atoms with Crippen molar-refractivity contribution in [2.45, 2.75) is 18.5 Å². The zero-order valence-corrected chi connectivity index (χ0v) is 11.4. The Kier molecular flexibility index (Phi) is 2.87. The number of nitrogens with one attached hydrogen (secondary N) is 2. The van der Waals surface area contributed by atoms with E-state index in [4.69, 9.17) is 0 Å². The van der Waals surface area contributed by atoms with Crippen LogP contribution in [0.3, 0.4) is 0 Å². The van der Waals surface area contributed by atoms with Gasteiger partial charge in [0.15, 0.2) is 0 Å². The molecule has 4 heterocycles. The van der Waals surface area contributed by atoms with Gasteiger partial charge in [0.05, 0.1) is 0 Å². The van der Waals surface area contributed by atoms with E-state index in [1.165, 1.54) is 52.2 Å². The van der Waals surface area contributed by atoms with Gasteiger partial charge in [0, 0.05) is 44.8 Å². The number of likely N-dealkylation sites (N-methyl/N-ethyl adjacent to an activating group) is 1. The molecule has 0 amide bonds. The minimum Gasteiger partial charge on any atom is -0.316 e. The first-order valence-corrected chi connectivity index (χ1v) is 7.68. The molecule has 4 aliphatic rings. The molecule has 0 bridgehead atoms. The Hall–Kier alpha value is -0.160. The second-order valence-electron chi connectivity index (χ2n) is 6.86. The molecule has 4 fully saturated rings. The molecule has 0 saturated carbocycles. The smallest absolute Gasteiger partial charge is 0.0261 e. The van der Waals surface area contributed by atoms with Gasteiger partial charge in [-0.05, 0) is 44.3 Å². The molecular weight excluding hydrogens is 224 g/mol. The van der Waals surface area contributed by atoms with Crippen LogP contribution in [0.1, 0.15) is 6.42 Å². The third kappa shape index (κ3) is 1.73. The predicted molar refractivity (Wildman–Crippen MR) is 72.6 cm³/mol. The molecule has 0 radical (unpaired) electrons.